The van der Waals surface area contributed by atoms with E-state index in [-0.39, 0.29) is 5.82 Å². The van der Waals surface area contributed by atoms with Crippen LogP contribution in [0.3, 0.4) is 0 Å². The highest BCUT2D eigenvalue weighted by Crippen LogP contribution is 2.25. The van der Waals surface area contributed by atoms with Crippen molar-refractivity contribution in [2.45, 2.75) is 19.5 Å². The first-order valence-electron chi connectivity index (χ1n) is 6.65. The van der Waals surface area contributed by atoms with Crippen LogP contribution in [0, 0.1) is 5.82 Å². The summed E-state index contributed by atoms with van der Waals surface area (Å²) in [6.07, 6.45) is 0.989. The van der Waals surface area contributed by atoms with Crippen LogP contribution >= 0.6 is 11.6 Å². The Morgan fingerprint density at radius 3 is 2.85 bits per heavy atom. The van der Waals surface area contributed by atoms with Gasteiger partial charge < -0.3 is 5.73 Å². The monoisotopic (exact) mass is 290 g/mol. The predicted octanol–water partition coefficient (Wildman–Crippen LogP) is 3.62. The van der Waals surface area contributed by atoms with Crippen LogP contribution in [0.25, 0.3) is 0 Å². The lowest BCUT2D eigenvalue weighted by molar-refractivity contribution is 0.245. The van der Waals surface area contributed by atoms with Crippen LogP contribution in [0.1, 0.15) is 16.7 Å². The molecule has 0 spiro atoms. The summed E-state index contributed by atoms with van der Waals surface area (Å²) in [6, 6.07) is 10.6. The molecular weight excluding hydrogens is 275 g/mol. The lowest BCUT2D eigenvalue weighted by Gasteiger charge is -2.29. The van der Waals surface area contributed by atoms with Gasteiger partial charge in [-0.25, -0.2) is 4.39 Å². The van der Waals surface area contributed by atoms with Crippen molar-refractivity contribution in [1.82, 2.24) is 4.90 Å². The fourth-order valence-corrected chi connectivity index (χ4v) is 2.85. The first-order valence-corrected chi connectivity index (χ1v) is 7.03. The Labute approximate surface area is 123 Å². The summed E-state index contributed by atoms with van der Waals surface area (Å²) in [5, 5.41) is 0.616. The second-order valence-corrected chi connectivity index (χ2v) is 5.63. The normalized spacial score (nSPS) is 15.1. The summed E-state index contributed by atoms with van der Waals surface area (Å²) in [5.41, 5.74) is 10.1. The molecule has 3 rings (SSSR count). The Morgan fingerprint density at radius 1 is 1.15 bits per heavy atom. The van der Waals surface area contributed by atoms with Crippen molar-refractivity contribution in [1.29, 1.82) is 0 Å². The highest BCUT2D eigenvalue weighted by Gasteiger charge is 2.17. The minimum Gasteiger partial charge on any atom is -0.399 e. The van der Waals surface area contributed by atoms with Gasteiger partial charge in [-0.2, -0.15) is 0 Å². The zero-order valence-electron chi connectivity index (χ0n) is 11.1. The van der Waals surface area contributed by atoms with Crippen LogP contribution in [0.2, 0.25) is 5.02 Å². The molecule has 20 heavy (non-hydrogen) atoms. The van der Waals surface area contributed by atoms with Crippen molar-refractivity contribution >= 4 is 17.3 Å². The van der Waals surface area contributed by atoms with Crippen molar-refractivity contribution in [3.63, 3.8) is 0 Å². The highest BCUT2D eigenvalue weighted by molar-refractivity contribution is 6.31. The maximum absolute atomic E-state index is 13.3. The molecule has 0 amide bonds. The third kappa shape index (κ3) is 2.79. The fourth-order valence-electron chi connectivity index (χ4n) is 2.68. The summed E-state index contributed by atoms with van der Waals surface area (Å²) in [7, 11) is 0. The van der Waals surface area contributed by atoms with Crippen LogP contribution in [0.5, 0.6) is 0 Å². The zero-order valence-corrected chi connectivity index (χ0v) is 11.8. The molecule has 2 aromatic rings. The maximum atomic E-state index is 13.3. The zero-order chi connectivity index (χ0) is 14.1. The molecule has 0 saturated carbocycles. The van der Waals surface area contributed by atoms with E-state index in [4.69, 9.17) is 17.3 Å². The minimum absolute atomic E-state index is 0.244. The van der Waals surface area contributed by atoms with E-state index >= 15 is 0 Å². The van der Waals surface area contributed by atoms with Crippen molar-refractivity contribution in [2.24, 2.45) is 0 Å². The van der Waals surface area contributed by atoms with E-state index < -0.39 is 0 Å². The van der Waals surface area contributed by atoms with Crippen molar-refractivity contribution in [3.8, 4) is 0 Å². The lowest BCUT2D eigenvalue weighted by Crippen LogP contribution is -2.30. The SMILES string of the molecule is Nc1ccc2c(c1)CN(Cc1cc(F)ccc1Cl)CC2. The van der Waals surface area contributed by atoms with Gasteiger partial charge in [-0.1, -0.05) is 17.7 Å². The molecule has 1 heterocycles. The van der Waals surface area contributed by atoms with Crippen LogP contribution < -0.4 is 5.73 Å². The van der Waals surface area contributed by atoms with Gasteiger partial charge in [0.2, 0.25) is 0 Å². The second-order valence-electron chi connectivity index (χ2n) is 5.22. The van der Waals surface area contributed by atoms with E-state index in [1.807, 2.05) is 12.1 Å². The Hall–Kier alpha value is -1.58. The first kappa shape index (κ1) is 13.4. The van der Waals surface area contributed by atoms with Crippen LogP contribution in [0.4, 0.5) is 10.1 Å². The van der Waals surface area contributed by atoms with E-state index in [2.05, 4.69) is 11.0 Å². The molecule has 0 atom stereocenters. The van der Waals surface area contributed by atoms with Gasteiger partial charge in [0.05, 0.1) is 0 Å². The molecule has 0 fully saturated rings. The average molecular weight is 291 g/mol. The van der Waals surface area contributed by atoms with Crippen LogP contribution in [0.15, 0.2) is 36.4 Å². The molecular formula is C16H16ClFN2. The molecule has 0 aromatic heterocycles. The largest absolute Gasteiger partial charge is 0.399 e. The van der Waals surface area contributed by atoms with Crippen molar-refractivity contribution < 1.29 is 4.39 Å². The lowest BCUT2D eigenvalue weighted by atomic mass is 9.98. The molecule has 2 aromatic carbocycles. The topological polar surface area (TPSA) is 29.3 Å². The number of halogens is 2. The molecule has 1 aliphatic rings. The van der Waals surface area contributed by atoms with Crippen LogP contribution in [-0.2, 0) is 19.5 Å². The Morgan fingerprint density at radius 2 is 2.00 bits per heavy atom. The number of nitrogens with zero attached hydrogens (tertiary/aromatic N) is 1. The van der Waals surface area contributed by atoms with Gasteiger partial charge in [-0.3, -0.25) is 4.90 Å². The number of hydrogen-bond donors (Lipinski definition) is 1. The van der Waals surface area contributed by atoms with Gasteiger partial charge in [0.15, 0.2) is 0 Å². The summed E-state index contributed by atoms with van der Waals surface area (Å²) < 4.78 is 13.3. The van der Waals surface area contributed by atoms with Gasteiger partial charge in [0, 0.05) is 30.3 Å². The van der Waals surface area contributed by atoms with E-state index in [1.54, 1.807) is 6.07 Å². The molecule has 2 N–H and O–H groups in total. The quantitative estimate of drug-likeness (QED) is 0.856. The van der Waals surface area contributed by atoms with Crippen molar-refractivity contribution in [2.75, 3.05) is 12.3 Å². The molecule has 0 unspecified atom stereocenters. The molecule has 4 heteroatoms. The molecule has 0 bridgehead atoms. The van der Waals surface area contributed by atoms with Gasteiger partial charge >= 0.3 is 0 Å². The summed E-state index contributed by atoms with van der Waals surface area (Å²) in [6.45, 7) is 2.43. The molecule has 0 aliphatic carbocycles. The Kier molecular flexibility index (Phi) is 3.64. The molecule has 104 valence electrons. The molecule has 1 aliphatic heterocycles. The molecule has 0 saturated heterocycles. The predicted molar refractivity (Wildman–Crippen MR) is 80.1 cm³/mol. The first-order chi connectivity index (χ1) is 9.61. The van der Waals surface area contributed by atoms with Gasteiger partial charge in [-0.15, -0.1) is 0 Å². The number of anilines is 1. The van der Waals surface area contributed by atoms with E-state index in [1.165, 1.54) is 23.3 Å². The summed E-state index contributed by atoms with van der Waals surface area (Å²) in [5.74, 6) is -0.244. The summed E-state index contributed by atoms with van der Waals surface area (Å²) in [4.78, 5) is 2.27. The fraction of sp³-hybridized carbons (Fsp3) is 0.250. The summed E-state index contributed by atoms with van der Waals surface area (Å²) >= 11 is 6.13. The van der Waals surface area contributed by atoms with Crippen LogP contribution in [-0.4, -0.2) is 11.4 Å². The second kappa shape index (κ2) is 5.43. The van der Waals surface area contributed by atoms with E-state index in [0.717, 1.165) is 30.8 Å². The Balaban J connectivity index is 1.78. The maximum Gasteiger partial charge on any atom is 0.123 e. The van der Waals surface area contributed by atoms with Crippen molar-refractivity contribution in [3.05, 3.63) is 63.9 Å². The number of hydrogen-bond acceptors (Lipinski definition) is 2. The van der Waals surface area contributed by atoms with Gasteiger partial charge in [0.1, 0.15) is 5.82 Å². The number of benzene rings is 2. The molecule has 0 radical (unpaired) electrons. The Bertz CT molecular complexity index is 642. The number of nitrogens with two attached hydrogens (primary N) is 1. The van der Waals surface area contributed by atoms with E-state index in [9.17, 15) is 4.39 Å². The number of rotatable bonds is 2. The third-order valence-corrected chi connectivity index (χ3v) is 4.09. The minimum atomic E-state index is -0.244. The van der Waals surface area contributed by atoms with Gasteiger partial charge in [0.25, 0.3) is 0 Å². The average Bonchev–Trinajstić information content (AvgIpc) is 2.42. The standard InChI is InChI=1S/C16H16ClFN2/c17-16-4-2-14(18)7-13(16)10-20-6-5-11-1-3-15(19)8-12(11)9-20/h1-4,7-8H,5-6,9-10,19H2. The van der Waals surface area contributed by atoms with E-state index in [0.29, 0.717) is 11.6 Å². The smallest absolute Gasteiger partial charge is 0.123 e. The van der Waals surface area contributed by atoms with Gasteiger partial charge in [-0.05, 0) is 53.4 Å². The highest BCUT2D eigenvalue weighted by atomic mass is 35.5. The third-order valence-electron chi connectivity index (χ3n) is 3.72. The molecule has 2 nitrogen and oxygen atoms in total. The number of nitrogen functional groups attached to an aromatic ring is 1. The number of fused-ring (bicyclic) bond motifs is 1.